The molecule has 0 N–H and O–H groups in total. The van der Waals surface area contributed by atoms with Crippen molar-refractivity contribution in [2.24, 2.45) is 5.92 Å². The molecule has 0 aromatic heterocycles. The molecule has 0 saturated carbocycles. The van der Waals surface area contributed by atoms with Crippen LogP contribution in [0.25, 0.3) is 0 Å². The summed E-state index contributed by atoms with van der Waals surface area (Å²) in [6.07, 6.45) is -2.26. The van der Waals surface area contributed by atoms with E-state index in [-0.39, 0.29) is 0 Å². The second-order valence-electron chi connectivity index (χ2n) is 1.31. The summed E-state index contributed by atoms with van der Waals surface area (Å²) in [5.74, 6) is -0.731. The molecule has 0 bridgehead atoms. The minimum Gasteiger partial charge on any atom is -0.210 e. The third-order valence-electron chi connectivity index (χ3n) is 0.430. The highest BCUT2D eigenvalue weighted by Crippen LogP contribution is 2.04. The van der Waals surface area contributed by atoms with E-state index in [1.54, 1.807) is 0 Å². The van der Waals surface area contributed by atoms with Gasteiger partial charge in [-0.25, -0.2) is 8.78 Å². The van der Waals surface area contributed by atoms with Gasteiger partial charge in [-0.1, -0.05) is 6.92 Å². The van der Waals surface area contributed by atoms with Crippen molar-refractivity contribution in [3.05, 3.63) is 6.92 Å². The van der Waals surface area contributed by atoms with Crippen LogP contribution in [0.5, 0.6) is 0 Å². The number of hydrogen-bond donors (Lipinski definition) is 0. The first kappa shape index (κ1) is 5.86. The van der Waals surface area contributed by atoms with Crippen LogP contribution in [0.15, 0.2) is 0 Å². The van der Waals surface area contributed by atoms with E-state index in [0.717, 1.165) is 0 Å². The van der Waals surface area contributed by atoms with Gasteiger partial charge in [0.25, 0.3) is 0 Å². The Morgan fingerprint density at radius 3 is 1.67 bits per heavy atom. The van der Waals surface area contributed by atoms with Crippen LogP contribution in [0.3, 0.4) is 0 Å². The van der Waals surface area contributed by atoms with Crippen LogP contribution < -0.4 is 0 Å². The minimum absolute atomic E-state index is 0.731. The molecule has 0 aliphatic carbocycles. The van der Waals surface area contributed by atoms with Crippen LogP contribution in [0, 0.1) is 12.8 Å². The maximum absolute atomic E-state index is 11.1. The van der Waals surface area contributed by atoms with Crippen LogP contribution in [-0.2, 0) is 0 Å². The highest BCUT2D eigenvalue weighted by atomic mass is 19.3. The van der Waals surface area contributed by atoms with Crippen LogP contribution in [-0.4, -0.2) is 6.43 Å². The van der Waals surface area contributed by atoms with Crippen molar-refractivity contribution in [3.8, 4) is 0 Å². The van der Waals surface area contributed by atoms with E-state index >= 15 is 0 Å². The molecule has 37 valence electrons. The monoisotopic (exact) mass is 93.1 g/mol. The molecular formula is C4H7F2. The van der Waals surface area contributed by atoms with Gasteiger partial charge < -0.3 is 0 Å². The molecule has 0 saturated heterocycles. The summed E-state index contributed by atoms with van der Waals surface area (Å²) in [6.45, 7) is 4.47. The first-order chi connectivity index (χ1) is 2.64. The molecule has 0 nitrogen and oxygen atoms in total. The van der Waals surface area contributed by atoms with Crippen LogP contribution in [0.2, 0.25) is 0 Å². The lowest BCUT2D eigenvalue weighted by molar-refractivity contribution is 0.107. The van der Waals surface area contributed by atoms with Gasteiger partial charge in [-0.15, -0.1) is 0 Å². The predicted molar refractivity (Wildman–Crippen MR) is 20.5 cm³/mol. The van der Waals surface area contributed by atoms with Crippen LogP contribution >= 0.6 is 0 Å². The summed E-state index contributed by atoms with van der Waals surface area (Å²) < 4.78 is 22.2. The zero-order valence-electron chi connectivity index (χ0n) is 3.62. The Labute approximate surface area is 36.2 Å². The Kier molecular flexibility index (Phi) is 2.06. The highest BCUT2D eigenvalue weighted by molar-refractivity contribution is 4.53. The minimum atomic E-state index is -2.26. The quantitative estimate of drug-likeness (QED) is 0.463. The molecule has 0 aromatic rings. The molecule has 0 aliphatic rings. The molecule has 1 radical (unpaired) electrons. The fraction of sp³-hybridized carbons (Fsp3) is 0.750. The molecule has 0 aliphatic heterocycles. The van der Waals surface area contributed by atoms with Gasteiger partial charge >= 0.3 is 0 Å². The Morgan fingerprint density at radius 1 is 1.50 bits per heavy atom. The van der Waals surface area contributed by atoms with Gasteiger partial charge in [0.05, 0.1) is 0 Å². The van der Waals surface area contributed by atoms with Gasteiger partial charge in [0.2, 0.25) is 6.43 Å². The third kappa shape index (κ3) is 2.12. The first-order valence-corrected chi connectivity index (χ1v) is 1.76. The Balaban J connectivity index is 2.99. The Morgan fingerprint density at radius 2 is 1.67 bits per heavy atom. The topological polar surface area (TPSA) is 0 Å². The van der Waals surface area contributed by atoms with Crippen molar-refractivity contribution in [1.82, 2.24) is 0 Å². The van der Waals surface area contributed by atoms with Crippen molar-refractivity contribution >= 4 is 0 Å². The van der Waals surface area contributed by atoms with Gasteiger partial charge in [0, 0.05) is 5.92 Å². The van der Waals surface area contributed by atoms with Crippen molar-refractivity contribution in [3.63, 3.8) is 0 Å². The van der Waals surface area contributed by atoms with E-state index in [2.05, 4.69) is 6.92 Å². The summed E-state index contributed by atoms with van der Waals surface area (Å²) in [6, 6.07) is 0. The SMILES string of the molecule is [CH2]C(C)C(F)F. The molecule has 0 aromatic carbocycles. The Hall–Kier alpha value is -0.140. The maximum Gasteiger partial charge on any atom is 0.241 e. The van der Waals surface area contributed by atoms with E-state index in [4.69, 9.17) is 0 Å². The van der Waals surface area contributed by atoms with Gasteiger partial charge in [-0.2, -0.15) is 0 Å². The number of alkyl halides is 2. The fourth-order valence-corrected chi connectivity index (χ4v) is 0. The molecule has 0 heterocycles. The maximum atomic E-state index is 11.1. The molecule has 6 heavy (non-hydrogen) atoms. The van der Waals surface area contributed by atoms with E-state index in [9.17, 15) is 8.78 Å². The molecule has 0 fully saturated rings. The lowest BCUT2D eigenvalue weighted by Crippen LogP contribution is -1.99. The van der Waals surface area contributed by atoms with Gasteiger partial charge in [-0.05, 0) is 6.92 Å². The molecule has 1 atom stereocenters. The molecule has 1 unspecified atom stereocenters. The van der Waals surface area contributed by atoms with Crippen LogP contribution in [0.1, 0.15) is 6.92 Å². The predicted octanol–water partition coefficient (Wildman–Crippen LogP) is 1.72. The molecule has 0 rings (SSSR count). The van der Waals surface area contributed by atoms with Crippen molar-refractivity contribution in [1.29, 1.82) is 0 Å². The molecule has 0 spiro atoms. The van der Waals surface area contributed by atoms with Gasteiger partial charge in [0.15, 0.2) is 0 Å². The summed E-state index contributed by atoms with van der Waals surface area (Å²) in [5.41, 5.74) is 0. The van der Waals surface area contributed by atoms with Gasteiger partial charge in [0.1, 0.15) is 0 Å². The average molecular weight is 93.1 g/mol. The van der Waals surface area contributed by atoms with Gasteiger partial charge in [-0.3, -0.25) is 0 Å². The summed E-state index contributed by atoms with van der Waals surface area (Å²) in [4.78, 5) is 0. The molecule has 2 heteroatoms. The standard InChI is InChI=1S/C4H7F2/c1-3(2)4(5)6/h3-4H,1H2,2H3. The zero-order chi connectivity index (χ0) is 5.15. The largest absolute Gasteiger partial charge is 0.241 e. The van der Waals surface area contributed by atoms with E-state index in [1.165, 1.54) is 6.92 Å². The third-order valence-corrected chi connectivity index (χ3v) is 0.430. The number of hydrogen-bond acceptors (Lipinski definition) is 0. The highest BCUT2D eigenvalue weighted by Gasteiger charge is 2.05. The summed E-state index contributed by atoms with van der Waals surface area (Å²) >= 11 is 0. The smallest absolute Gasteiger partial charge is 0.210 e. The van der Waals surface area contributed by atoms with Crippen molar-refractivity contribution in [2.45, 2.75) is 13.3 Å². The number of rotatable bonds is 1. The van der Waals surface area contributed by atoms with Crippen molar-refractivity contribution in [2.75, 3.05) is 0 Å². The van der Waals surface area contributed by atoms with Crippen molar-refractivity contribution < 1.29 is 8.78 Å². The Bertz CT molecular complexity index is 26.5. The van der Waals surface area contributed by atoms with Crippen LogP contribution in [0.4, 0.5) is 8.78 Å². The lowest BCUT2D eigenvalue weighted by atomic mass is 10.2. The zero-order valence-corrected chi connectivity index (χ0v) is 3.62. The van der Waals surface area contributed by atoms with E-state index < -0.39 is 12.3 Å². The normalized spacial score (nSPS) is 11.0. The molecule has 0 amide bonds. The first-order valence-electron chi connectivity index (χ1n) is 1.76. The average Bonchev–Trinajstić information content (AvgIpc) is 1.36. The number of halogens is 2. The van der Waals surface area contributed by atoms with E-state index in [0.29, 0.717) is 0 Å². The summed E-state index contributed by atoms with van der Waals surface area (Å²) in [5, 5.41) is 0. The van der Waals surface area contributed by atoms with E-state index in [1.807, 2.05) is 0 Å². The lowest BCUT2D eigenvalue weighted by Gasteiger charge is -1.96. The molecular weight excluding hydrogens is 86.0 g/mol. The summed E-state index contributed by atoms with van der Waals surface area (Å²) in [7, 11) is 0. The second-order valence-corrected chi connectivity index (χ2v) is 1.31. The second kappa shape index (κ2) is 2.11. The fourth-order valence-electron chi connectivity index (χ4n) is 0.